The van der Waals surface area contributed by atoms with Gasteiger partial charge in [0.25, 0.3) is 0 Å². The van der Waals surface area contributed by atoms with Crippen molar-refractivity contribution in [2.24, 2.45) is 10.9 Å². The van der Waals surface area contributed by atoms with Gasteiger partial charge in [-0.15, -0.1) is 0 Å². The van der Waals surface area contributed by atoms with Crippen molar-refractivity contribution in [1.29, 1.82) is 0 Å². The highest BCUT2D eigenvalue weighted by Crippen LogP contribution is 1.70. The molecule has 0 aliphatic heterocycles. The zero-order valence-corrected chi connectivity index (χ0v) is 3.55. The Morgan fingerprint density at radius 3 is 3.00 bits per heavy atom. The standard InChI is InChI=1S/C3H8N2O/c1-2-3(4)5-6/h6H,2H2,1H3,(H2,4,5)/i/hD2. The van der Waals surface area contributed by atoms with Gasteiger partial charge in [-0.2, -0.15) is 0 Å². The zero-order chi connectivity index (χ0) is 6.57. The minimum atomic E-state index is 0.0324. The van der Waals surface area contributed by atoms with Crippen molar-refractivity contribution in [1.82, 2.24) is 0 Å². The molecule has 0 radical (unpaired) electrons. The first-order valence-electron chi connectivity index (χ1n) is 2.60. The van der Waals surface area contributed by atoms with E-state index in [1.54, 1.807) is 6.92 Å². The largest absolute Gasteiger partial charge is 0.409 e. The summed E-state index contributed by atoms with van der Waals surface area (Å²) in [5.74, 6) is 0.0324. The highest BCUT2D eigenvalue weighted by atomic mass is 16.4. The molecule has 0 aromatic rings. The molecule has 6 heavy (non-hydrogen) atoms. The third kappa shape index (κ3) is 1.58. The Morgan fingerprint density at radius 2 is 3.00 bits per heavy atom. The average Bonchev–Trinajstić information content (AvgIpc) is 1.69. The van der Waals surface area contributed by atoms with E-state index in [-0.39, 0.29) is 11.6 Å². The molecule has 0 atom stereocenters. The van der Waals surface area contributed by atoms with Gasteiger partial charge in [-0.3, -0.25) is 0 Å². The second kappa shape index (κ2) is 2.50. The van der Waals surface area contributed by atoms with Gasteiger partial charge in [0.15, 0.2) is 2.82 Å². The van der Waals surface area contributed by atoms with E-state index in [4.69, 9.17) is 8.03 Å². The summed E-state index contributed by atoms with van der Waals surface area (Å²) in [6.45, 7) is 1.70. The normalized spacial score (nSPS) is 15.8. The lowest BCUT2D eigenvalue weighted by Gasteiger charge is -1.82. The van der Waals surface area contributed by atoms with Crippen LogP contribution in [0.2, 0.25) is 2.82 Å². The van der Waals surface area contributed by atoms with E-state index >= 15 is 0 Å². The van der Waals surface area contributed by atoms with Crippen LogP contribution in [0.4, 0.5) is 0 Å². The molecule has 3 nitrogen and oxygen atoms in total. The summed E-state index contributed by atoms with van der Waals surface area (Å²) in [7, 11) is 0. The lowest BCUT2D eigenvalue weighted by molar-refractivity contribution is 0.317. The van der Waals surface area contributed by atoms with Gasteiger partial charge in [-0.25, -0.2) is 0 Å². The number of hydrogen-bond acceptors (Lipinski definition) is 2. The summed E-state index contributed by atoms with van der Waals surface area (Å²) in [5.41, 5.74) is 0.278. The van der Waals surface area contributed by atoms with Crippen molar-refractivity contribution in [3.05, 3.63) is 0 Å². The Kier molecular flexibility index (Phi) is 1.02. The van der Waals surface area contributed by atoms with E-state index in [1.807, 2.05) is 0 Å². The third-order valence-corrected chi connectivity index (χ3v) is 0.432. The average molecular weight is 90.1 g/mol. The van der Waals surface area contributed by atoms with Gasteiger partial charge in [0.1, 0.15) is 5.84 Å². The lowest BCUT2D eigenvalue weighted by atomic mass is 10.5. The summed E-state index contributed by atoms with van der Waals surface area (Å²) in [5, 5.41) is 10.7. The molecule has 0 unspecified atom stereocenters. The Labute approximate surface area is 39.4 Å². The van der Waals surface area contributed by atoms with Crippen LogP contribution in [0, 0.1) is 0 Å². The molecule has 3 heteroatoms. The Hall–Kier alpha value is -0.730. The predicted molar refractivity (Wildman–Crippen MR) is 23.7 cm³/mol. The Morgan fingerprint density at radius 1 is 2.33 bits per heavy atom. The van der Waals surface area contributed by atoms with Crippen LogP contribution in [0.5, 0.6) is 0 Å². The first-order valence-corrected chi connectivity index (χ1v) is 1.71. The third-order valence-electron chi connectivity index (χ3n) is 0.432. The summed E-state index contributed by atoms with van der Waals surface area (Å²) in [4.78, 5) is 0. The molecule has 0 aliphatic rings. The van der Waals surface area contributed by atoms with Crippen molar-refractivity contribution in [3.8, 4) is 0 Å². The minimum Gasteiger partial charge on any atom is -0.409 e. The number of amidine groups is 1. The molecular formula is C3H8N2O. The van der Waals surface area contributed by atoms with Crippen molar-refractivity contribution in [2.45, 2.75) is 13.3 Å². The number of hydrogen-bond donors (Lipinski definition) is 2. The van der Waals surface area contributed by atoms with E-state index in [9.17, 15) is 0 Å². The molecule has 0 aliphatic carbocycles. The van der Waals surface area contributed by atoms with Crippen LogP contribution in [0.1, 0.15) is 13.3 Å². The number of nitrogens with zero attached hydrogens (tertiary/aromatic N) is 1. The van der Waals surface area contributed by atoms with E-state index in [0.29, 0.717) is 6.42 Å². The molecule has 0 aromatic carbocycles. The van der Waals surface area contributed by atoms with Gasteiger partial charge in [0, 0.05) is 6.42 Å². The van der Waals surface area contributed by atoms with Crippen LogP contribution in [-0.4, -0.2) is 11.0 Å². The maximum Gasteiger partial charge on any atom is 0.158 e. The molecule has 0 aromatic heterocycles. The van der Waals surface area contributed by atoms with Crippen LogP contribution in [0.3, 0.4) is 0 Å². The van der Waals surface area contributed by atoms with Crippen LogP contribution >= 0.6 is 0 Å². The van der Waals surface area contributed by atoms with Gasteiger partial charge in [-0.1, -0.05) is 12.1 Å². The number of nitrogens with two attached hydrogens (primary N) is 1. The first-order chi connectivity index (χ1) is 3.72. The van der Waals surface area contributed by atoms with E-state index in [2.05, 4.69) is 5.16 Å². The molecule has 3 N–H and O–H groups in total. The zero-order valence-electron chi connectivity index (χ0n) is 5.55. The lowest BCUT2D eigenvalue weighted by Crippen LogP contribution is -2.08. The molecule has 0 rings (SSSR count). The van der Waals surface area contributed by atoms with Crippen molar-refractivity contribution in [3.63, 3.8) is 0 Å². The van der Waals surface area contributed by atoms with Gasteiger partial charge in [-0.05, 0) is 0 Å². The molecule has 0 spiro atoms. The highest BCUT2D eigenvalue weighted by Gasteiger charge is 1.78. The SMILES string of the molecule is [2H]N([2H])/C(CC)=N/O. The van der Waals surface area contributed by atoms with Crippen molar-refractivity contribution < 1.29 is 8.03 Å². The Bertz CT molecular complexity index is 93.3. The molecule has 0 fully saturated rings. The highest BCUT2D eigenvalue weighted by molar-refractivity contribution is 5.79. The van der Waals surface area contributed by atoms with E-state index < -0.39 is 0 Å². The fourth-order valence-corrected chi connectivity index (χ4v) is 0.0707. The minimum absolute atomic E-state index is 0.0324. The maximum atomic E-state index is 8.00. The van der Waals surface area contributed by atoms with E-state index in [1.165, 1.54) is 0 Å². The smallest absolute Gasteiger partial charge is 0.158 e. The molecule has 0 bridgehead atoms. The van der Waals surface area contributed by atoms with Crippen molar-refractivity contribution >= 4 is 5.84 Å². The summed E-state index contributed by atoms with van der Waals surface area (Å²) < 4.78 is 13.1. The van der Waals surface area contributed by atoms with Gasteiger partial charge < -0.3 is 10.9 Å². The molecular weight excluding hydrogens is 80.0 g/mol. The fourth-order valence-electron chi connectivity index (χ4n) is 0.0707. The van der Waals surface area contributed by atoms with E-state index in [0.717, 1.165) is 0 Å². The second-order valence-corrected chi connectivity index (χ2v) is 0.870. The maximum absolute atomic E-state index is 8.00. The summed E-state index contributed by atoms with van der Waals surface area (Å²) >= 11 is 0. The first kappa shape index (κ1) is 2.44. The van der Waals surface area contributed by atoms with Crippen molar-refractivity contribution in [2.75, 3.05) is 0 Å². The summed E-state index contributed by atoms with van der Waals surface area (Å²) in [6, 6.07) is 0. The van der Waals surface area contributed by atoms with Crippen LogP contribution in [0.15, 0.2) is 5.16 Å². The molecule has 0 amide bonds. The van der Waals surface area contributed by atoms with Crippen LogP contribution in [0.25, 0.3) is 0 Å². The predicted octanol–water partition coefficient (Wildman–Crippen LogP) is 0.143. The molecule has 0 saturated heterocycles. The monoisotopic (exact) mass is 90.1 g/mol. The van der Waals surface area contributed by atoms with Gasteiger partial charge >= 0.3 is 0 Å². The van der Waals surface area contributed by atoms with Gasteiger partial charge in [0.2, 0.25) is 0 Å². The molecule has 0 heterocycles. The van der Waals surface area contributed by atoms with Crippen LogP contribution < -0.4 is 5.72 Å². The van der Waals surface area contributed by atoms with Gasteiger partial charge in [0.05, 0.1) is 0 Å². The Balaban J connectivity index is 3.72. The van der Waals surface area contributed by atoms with Crippen LogP contribution in [-0.2, 0) is 0 Å². The molecule has 0 saturated carbocycles. The fraction of sp³-hybridized carbons (Fsp3) is 0.667. The number of rotatable bonds is 1. The molecule has 36 valence electrons. The quantitative estimate of drug-likeness (QED) is 0.208. The topological polar surface area (TPSA) is 58.6 Å². The summed E-state index contributed by atoms with van der Waals surface area (Å²) in [6.07, 6.45) is 0.392. The second-order valence-electron chi connectivity index (χ2n) is 0.870. The number of oxime groups is 1.